The number of hydrogen-bond acceptors (Lipinski definition) is 3. The van der Waals surface area contributed by atoms with Crippen LogP contribution in [-0.2, 0) is 11.2 Å². The Balaban J connectivity index is 2.72. The lowest BCUT2D eigenvalue weighted by atomic mass is 10.0. The van der Waals surface area contributed by atoms with Crippen molar-refractivity contribution in [2.24, 2.45) is 0 Å². The van der Waals surface area contributed by atoms with Crippen molar-refractivity contribution >= 4 is 12.0 Å². The monoisotopic (exact) mass is 261 g/mol. The molecule has 0 radical (unpaired) electrons. The zero-order valence-corrected chi connectivity index (χ0v) is 10.5. The van der Waals surface area contributed by atoms with Crippen LogP contribution in [-0.4, -0.2) is 30.2 Å². The van der Waals surface area contributed by atoms with Gasteiger partial charge in [-0.15, -0.1) is 0 Å². The molecule has 1 aromatic carbocycles. The van der Waals surface area contributed by atoms with Crippen molar-refractivity contribution in [2.75, 3.05) is 7.05 Å². The predicted octanol–water partition coefficient (Wildman–Crippen LogP) is 0.873. The van der Waals surface area contributed by atoms with Gasteiger partial charge in [-0.3, -0.25) is 4.79 Å². The Labute approximate surface area is 111 Å². The number of hydrogen-bond donors (Lipinski definition) is 3. The second-order valence-electron chi connectivity index (χ2n) is 4.04. The van der Waals surface area contributed by atoms with Crippen LogP contribution in [0.1, 0.15) is 17.5 Å². The summed E-state index contributed by atoms with van der Waals surface area (Å²) in [6.07, 6.45) is -0.698. The molecule has 0 aliphatic rings. The molecule has 0 saturated heterocycles. The number of carboxylic acid groups (broad SMARTS) is 1. The number of benzene rings is 1. The Kier molecular flexibility index (Phi) is 5.35. The van der Waals surface area contributed by atoms with Gasteiger partial charge in [0.25, 0.3) is 0 Å². The van der Waals surface area contributed by atoms with Crippen LogP contribution in [0.15, 0.2) is 24.3 Å². The topological polar surface area (TPSA) is 102 Å². The molecule has 0 aliphatic heterocycles. The van der Waals surface area contributed by atoms with Crippen LogP contribution in [0.25, 0.3) is 0 Å². The van der Waals surface area contributed by atoms with Gasteiger partial charge in [-0.05, 0) is 24.1 Å². The molecule has 2 amide bonds. The first kappa shape index (κ1) is 14.5. The molecule has 1 rings (SSSR count). The molecule has 3 N–H and O–H groups in total. The highest BCUT2D eigenvalue weighted by molar-refractivity contribution is 5.77. The molecular weight excluding hydrogens is 246 g/mol. The summed E-state index contributed by atoms with van der Waals surface area (Å²) >= 11 is 0. The second-order valence-corrected chi connectivity index (χ2v) is 4.04. The minimum Gasteiger partial charge on any atom is -0.465 e. The SMILES string of the molecule is CNC(=O)C[C@@H](Cc1ccc(C#N)cc1)NC(=O)O. The highest BCUT2D eigenvalue weighted by Gasteiger charge is 2.15. The quantitative estimate of drug-likeness (QED) is 0.731. The number of rotatable bonds is 5. The van der Waals surface area contributed by atoms with E-state index in [0.29, 0.717) is 12.0 Å². The molecule has 1 atom stereocenters. The van der Waals surface area contributed by atoms with Crippen molar-refractivity contribution in [3.63, 3.8) is 0 Å². The lowest BCUT2D eigenvalue weighted by Gasteiger charge is -2.16. The average Bonchev–Trinajstić information content (AvgIpc) is 2.38. The van der Waals surface area contributed by atoms with Crippen molar-refractivity contribution in [1.29, 1.82) is 5.26 Å². The van der Waals surface area contributed by atoms with Crippen molar-refractivity contribution in [2.45, 2.75) is 18.9 Å². The smallest absolute Gasteiger partial charge is 0.404 e. The molecule has 1 aromatic rings. The van der Waals surface area contributed by atoms with Crippen molar-refractivity contribution < 1.29 is 14.7 Å². The predicted molar refractivity (Wildman–Crippen MR) is 68.5 cm³/mol. The van der Waals surface area contributed by atoms with Gasteiger partial charge >= 0.3 is 6.09 Å². The van der Waals surface area contributed by atoms with Crippen molar-refractivity contribution in [1.82, 2.24) is 10.6 Å². The molecular formula is C13H15N3O3. The van der Waals surface area contributed by atoms with E-state index in [9.17, 15) is 9.59 Å². The van der Waals surface area contributed by atoms with Gasteiger partial charge < -0.3 is 15.7 Å². The van der Waals surface area contributed by atoms with E-state index in [2.05, 4.69) is 10.6 Å². The lowest BCUT2D eigenvalue weighted by molar-refractivity contribution is -0.121. The van der Waals surface area contributed by atoms with Gasteiger partial charge in [0.05, 0.1) is 11.6 Å². The van der Waals surface area contributed by atoms with Gasteiger partial charge in [-0.25, -0.2) is 4.79 Å². The maximum Gasteiger partial charge on any atom is 0.404 e. The molecule has 0 aromatic heterocycles. The highest BCUT2D eigenvalue weighted by atomic mass is 16.4. The summed E-state index contributed by atoms with van der Waals surface area (Å²) in [7, 11) is 1.50. The Bertz CT molecular complexity index is 491. The Morgan fingerprint density at radius 1 is 1.37 bits per heavy atom. The number of amides is 2. The number of nitriles is 1. The molecule has 0 saturated carbocycles. The standard InChI is InChI=1S/C13H15N3O3/c1-15-12(17)7-11(16-13(18)19)6-9-2-4-10(8-14)5-3-9/h2-5,11,16H,6-7H2,1H3,(H,15,17)(H,18,19)/t11-/m1/s1. The first-order valence-corrected chi connectivity index (χ1v) is 5.74. The molecule has 0 fully saturated rings. The first-order valence-electron chi connectivity index (χ1n) is 5.74. The Hall–Kier alpha value is -2.55. The number of carbonyl (C=O) groups excluding carboxylic acids is 1. The van der Waals surface area contributed by atoms with Crippen LogP contribution in [0.5, 0.6) is 0 Å². The third kappa shape index (κ3) is 5.08. The normalized spacial score (nSPS) is 11.2. The van der Waals surface area contributed by atoms with Gasteiger partial charge in [0.1, 0.15) is 0 Å². The van der Waals surface area contributed by atoms with E-state index >= 15 is 0 Å². The van der Waals surface area contributed by atoms with E-state index in [1.54, 1.807) is 24.3 Å². The zero-order chi connectivity index (χ0) is 14.3. The van der Waals surface area contributed by atoms with E-state index in [-0.39, 0.29) is 12.3 Å². The van der Waals surface area contributed by atoms with Crippen LogP contribution < -0.4 is 10.6 Å². The Morgan fingerprint density at radius 2 is 2.00 bits per heavy atom. The average molecular weight is 261 g/mol. The van der Waals surface area contributed by atoms with Crippen LogP contribution >= 0.6 is 0 Å². The second kappa shape index (κ2) is 7.01. The molecule has 100 valence electrons. The molecule has 6 nitrogen and oxygen atoms in total. The van der Waals surface area contributed by atoms with E-state index < -0.39 is 12.1 Å². The van der Waals surface area contributed by atoms with Crippen molar-refractivity contribution in [3.05, 3.63) is 35.4 Å². The summed E-state index contributed by atoms with van der Waals surface area (Å²) in [6.45, 7) is 0. The first-order chi connectivity index (χ1) is 9.05. The third-order valence-corrected chi connectivity index (χ3v) is 2.60. The molecule has 0 heterocycles. The maximum absolute atomic E-state index is 11.3. The number of nitrogens with one attached hydrogen (secondary N) is 2. The van der Waals surface area contributed by atoms with Gasteiger partial charge in [0.2, 0.25) is 5.91 Å². The Morgan fingerprint density at radius 3 is 2.47 bits per heavy atom. The van der Waals surface area contributed by atoms with E-state index in [0.717, 1.165) is 5.56 Å². The van der Waals surface area contributed by atoms with Gasteiger partial charge in [-0.2, -0.15) is 5.26 Å². The third-order valence-electron chi connectivity index (χ3n) is 2.60. The molecule has 19 heavy (non-hydrogen) atoms. The maximum atomic E-state index is 11.3. The minimum absolute atomic E-state index is 0.0722. The molecule has 0 unspecified atom stereocenters. The van der Waals surface area contributed by atoms with Crippen LogP contribution in [0, 0.1) is 11.3 Å². The molecule has 0 aliphatic carbocycles. The van der Waals surface area contributed by atoms with Crippen LogP contribution in [0.3, 0.4) is 0 Å². The summed E-state index contributed by atoms with van der Waals surface area (Å²) in [5.74, 6) is -0.229. The fraction of sp³-hybridized carbons (Fsp3) is 0.308. The van der Waals surface area contributed by atoms with Crippen LogP contribution in [0.4, 0.5) is 4.79 Å². The van der Waals surface area contributed by atoms with Gasteiger partial charge in [-0.1, -0.05) is 12.1 Å². The summed E-state index contributed by atoms with van der Waals surface area (Å²) in [6, 6.07) is 8.33. The van der Waals surface area contributed by atoms with Crippen molar-refractivity contribution in [3.8, 4) is 6.07 Å². The largest absolute Gasteiger partial charge is 0.465 e. The highest BCUT2D eigenvalue weighted by Crippen LogP contribution is 2.08. The van der Waals surface area contributed by atoms with Crippen LogP contribution in [0.2, 0.25) is 0 Å². The minimum atomic E-state index is -1.16. The zero-order valence-electron chi connectivity index (χ0n) is 10.5. The number of nitrogens with zero attached hydrogens (tertiary/aromatic N) is 1. The summed E-state index contributed by atoms with van der Waals surface area (Å²) < 4.78 is 0. The lowest BCUT2D eigenvalue weighted by Crippen LogP contribution is -2.39. The summed E-state index contributed by atoms with van der Waals surface area (Å²) in [4.78, 5) is 22.0. The number of carbonyl (C=O) groups is 2. The fourth-order valence-corrected chi connectivity index (χ4v) is 1.67. The molecule has 0 bridgehead atoms. The van der Waals surface area contributed by atoms with Gasteiger partial charge in [0, 0.05) is 19.5 Å². The fourth-order valence-electron chi connectivity index (χ4n) is 1.67. The summed E-state index contributed by atoms with van der Waals surface area (Å²) in [5.41, 5.74) is 1.40. The van der Waals surface area contributed by atoms with E-state index in [1.165, 1.54) is 7.05 Å². The molecule has 0 spiro atoms. The summed E-state index contributed by atoms with van der Waals surface area (Å²) in [5, 5.41) is 22.2. The van der Waals surface area contributed by atoms with Gasteiger partial charge in [0.15, 0.2) is 0 Å². The molecule has 6 heteroatoms. The van der Waals surface area contributed by atoms with E-state index in [4.69, 9.17) is 10.4 Å². The van der Waals surface area contributed by atoms with E-state index in [1.807, 2.05) is 6.07 Å².